The first-order valence-corrected chi connectivity index (χ1v) is 2.62. The van der Waals surface area contributed by atoms with Gasteiger partial charge < -0.3 is 4.74 Å². The number of rotatable bonds is 3. The molecule has 0 amide bonds. The largest absolute Gasteiger partial charge is 0.344 e. The molecule has 1 N–H and O–H groups in total. The quantitative estimate of drug-likeness (QED) is 0.126. The summed E-state index contributed by atoms with van der Waals surface area (Å²) in [4.78, 5) is 6.13. The van der Waals surface area contributed by atoms with Crippen LogP contribution in [0.1, 0.15) is 6.92 Å². The molecule has 0 aromatic heterocycles. The molecular formula is C5H7N3O3. The Kier molecular flexibility index (Phi) is 4.03. The smallest absolute Gasteiger partial charge is 0.337 e. The fourth-order valence-electron chi connectivity index (χ4n) is 0.412. The number of nitrogens with zero attached hydrogens (tertiary/aromatic N) is 3. The van der Waals surface area contributed by atoms with Gasteiger partial charge in [0, 0.05) is 12.0 Å². The Morgan fingerprint density at radius 1 is 1.73 bits per heavy atom. The molecule has 6 nitrogen and oxygen atoms in total. The van der Waals surface area contributed by atoms with Gasteiger partial charge in [-0.15, -0.1) is 5.92 Å². The van der Waals surface area contributed by atoms with Gasteiger partial charge in [-0.1, -0.05) is 0 Å². The van der Waals surface area contributed by atoms with Crippen LogP contribution in [-0.2, 0) is 9.62 Å². The second-order valence-electron chi connectivity index (χ2n) is 1.44. The van der Waals surface area contributed by atoms with Crippen LogP contribution in [0.5, 0.6) is 0 Å². The molecule has 0 aromatic rings. The summed E-state index contributed by atoms with van der Waals surface area (Å²) in [6.07, 6.45) is 0. The second kappa shape index (κ2) is 4.55. The average Bonchev–Trinajstić information content (AvgIpc) is 2.04. The van der Waals surface area contributed by atoms with Crippen LogP contribution in [0.25, 0.3) is 10.4 Å². The molecule has 60 valence electrons. The topological polar surface area (TPSA) is 87.5 Å². The third-order valence-corrected chi connectivity index (χ3v) is 0.860. The van der Waals surface area contributed by atoms with Crippen LogP contribution in [0.15, 0.2) is 5.11 Å². The zero-order chi connectivity index (χ0) is 8.74. The number of hydrogen-bond donors (Lipinski definition) is 1. The number of azide groups is 1. The molecule has 0 aliphatic rings. The number of ether oxygens (including phenoxy) is 1. The fourth-order valence-corrected chi connectivity index (χ4v) is 0.412. The highest BCUT2D eigenvalue weighted by molar-refractivity contribution is 5.06. The van der Waals surface area contributed by atoms with Gasteiger partial charge in [-0.3, -0.25) is 0 Å². The Morgan fingerprint density at radius 3 is 2.64 bits per heavy atom. The van der Waals surface area contributed by atoms with Crippen LogP contribution in [-0.4, -0.2) is 18.3 Å². The van der Waals surface area contributed by atoms with Crippen LogP contribution >= 0.6 is 0 Å². The standard InChI is InChI=1S/C5H7N3O3/c1-3-4-5(10-2,11-9)7-8-6/h9H,1-2H3. The SMILES string of the molecule is CC#CC(N=[N+]=[N-])(OC)OO. The lowest BCUT2D eigenvalue weighted by Gasteiger charge is -2.15. The van der Waals surface area contributed by atoms with Crippen LogP contribution in [0, 0.1) is 11.8 Å². The highest BCUT2D eigenvalue weighted by atomic mass is 17.2. The van der Waals surface area contributed by atoms with E-state index in [1.54, 1.807) is 0 Å². The minimum Gasteiger partial charge on any atom is -0.337 e. The Morgan fingerprint density at radius 2 is 2.36 bits per heavy atom. The van der Waals surface area contributed by atoms with Gasteiger partial charge in [-0.2, -0.15) is 4.89 Å². The molecule has 0 aliphatic carbocycles. The normalized spacial score (nSPS) is 13.7. The van der Waals surface area contributed by atoms with E-state index in [1.165, 1.54) is 14.0 Å². The molecule has 0 aliphatic heterocycles. The molecule has 6 heteroatoms. The van der Waals surface area contributed by atoms with Gasteiger partial charge in [0.15, 0.2) is 0 Å². The second-order valence-corrected chi connectivity index (χ2v) is 1.44. The first kappa shape index (κ1) is 9.75. The number of hydrogen-bond acceptors (Lipinski definition) is 4. The first-order chi connectivity index (χ1) is 5.24. The van der Waals surface area contributed by atoms with Crippen molar-refractivity contribution in [3.8, 4) is 11.8 Å². The van der Waals surface area contributed by atoms with E-state index in [-0.39, 0.29) is 0 Å². The lowest BCUT2D eigenvalue weighted by atomic mass is 10.5. The summed E-state index contributed by atoms with van der Waals surface area (Å²) in [5.74, 6) is 2.69. The summed E-state index contributed by atoms with van der Waals surface area (Å²) in [6.45, 7) is 1.49. The minimum atomic E-state index is -1.91. The van der Waals surface area contributed by atoms with E-state index in [9.17, 15) is 0 Å². The van der Waals surface area contributed by atoms with E-state index in [0.29, 0.717) is 0 Å². The van der Waals surface area contributed by atoms with Crippen molar-refractivity contribution < 1.29 is 14.9 Å². The van der Waals surface area contributed by atoms with Gasteiger partial charge in [0.05, 0.1) is 0 Å². The lowest BCUT2D eigenvalue weighted by Crippen LogP contribution is -2.28. The summed E-state index contributed by atoms with van der Waals surface area (Å²) >= 11 is 0. The van der Waals surface area contributed by atoms with Gasteiger partial charge in [-0.05, 0) is 23.5 Å². The van der Waals surface area contributed by atoms with Gasteiger partial charge in [0.1, 0.15) is 0 Å². The van der Waals surface area contributed by atoms with Crippen molar-refractivity contribution in [3.05, 3.63) is 10.4 Å². The predicted octanol–water partition coefficient (Wildman–Crippen LogP) is 1.11. The van der Waals surface area contributed by atoms with Crippen molar-refractivity contribution in [3.63, 3.8) is 0 Å². The molecular weight excluding hydrogens is 150 g/mol. The van der Waals surface area contributed by atoms with E-state index >= 15 is 0 Å². The molecule has 1 atom stereocenters. The van der Waals surface area contributed by atoms with Crippen molar-refractivity contribution in [1.82, 2.24) is 0 Å². The average molecular weight is 157 g/mol. The van der Waals surface area contributed by atoms with E-state index in [0.717, 1.165) is 0 Å². The maximum Gasteiger partial charge on any atom is 0.344 e. The molecule has 0 saturated heterocycles. The van der Waals surface area contributed by atoms with Gasteiger partial charge in [-0.25, -0.2) is 5.26 Å². The van der Waals surface area contributed by atoms with Gasteiger partial charge in [0.25, 0.3) is 0 Å². The van der Waals surface area contributed by atoms with Crippen molar-refractivity contribution in [2.24, 2.45) is 5.11 Å². The molecule has 0 rings (SSSR count). The highest BCUT2D eigenvalue weighted by Gasteiger charge is 2.27. The van der Waals surface area contributed by atoms with E-state index in [2.05, 4.69) is 31.5 Å². The van der Waals surface area contributed by atoms with E-state index < -0.39 is 5.91 Å². The van der Waals surface area contributed by atoms with Crippen molar-refractivity contribution in [2.75, 3.05) is 7.11 Å². The predicted molar refractivity (Wildman–Crippen MR) is 36.0 cm³/mol. The summed E-state index contributed by atoms with van der Waals surface area (Å²) in [6, 6.07) is 0. The molecule has 0 bridgehead atoms. The van der Waals surface area contributed by atoms with Gasteiger partial charge in [0.2, 0.25) is 0 Å². The molecule has 0 aromatic carbocycles. The summed E-state index contributed by atoms with van der Waals surface area (Å²) < 4.78 is 4.50. The molecule has 11 heavy (non-hydrogen) atoms. The fraction of sp³-hybridized carbons (Fsp3) is 0.600. The Balaban J connectivity index is 4.69. The first-order valence-electron chi connectivity index (χ1n) is 2.62. The molecule has 0 radical (unpaired) electrons. The Bertz CT molecular complexity index is 219. The maximum absolute atomic E-state index is 8.25. The van der Waals surface area contributed by atoms with Gasteiger partial charge >= 0.3 is 5.91 Å². The van der Waals surface area contributed by atoms with Crippen LogP contribution in [0.3, 0.4) is 0 Å². The molecule has 0 saturated carbocycles. The van der Waals surface area contributed by atoms with E-state index in [1.807, 2.05) is 0 Å². The molecule has 0 heterocycles. The van der Waals surface area contributed by atoms with Crippen LogP contribution in [0.4, 0.5) is 0 Å². The summed E-state index contributed by atoms with van der Waals surface area (Å²) in [7, 11) is 1.19. The molecule has 0 fully saturated rings. The zero-order valence-electron chi connectivity index (χ0n) is 6.11. The van der Waals surface area contributed by atoms with Crippen molar-refractivity contribution in [1.29, 1.82) is 0 Å². The maximum atomic E-state index is 8.25. The van der Waals surface area contributed by atoms with E-state index in [4.69, 9.17) is 10.8 Å². The number of methoxy groups -OCH3 is 1. The van der Waals surface area contributed by atoms with Crippen LogP contribution < -0.4 is 0 Å². The Labute approximate surface area is 63.3 Å². The monoisotopic (exact) mass is 157 g/mol. The summed E-state index contributed by atoms with van der Waals surface area (Å²) in [5, 5.41) is 11.2. The molecule has 1 unspecified atom stereocenters. The third kappa shape index (κ3) is 2.45. The third-order valence-electron chi connectivity index (χ3n) is 0.860. The molecule has 0 spiro atoms. The lowest BCUT2D eigenvalue weighted by molar-refractivity contribution is -0.372. The van der Waals surface area contributed by atoms with Crippen molar-refractivity contribution >= 4 is 0 Å². The Hall–Kier alpha value is -1.25. The van der Waals surface area contributed by atoms with Crippen molar-refractivity contribution in [2.45, 2.75) is 12.8 Å². The zero-order valence-corrected chi connectivity index (χ0v) is 6.11. The minimum absolute atomic E-state index is 1.19. The van der Waals surface area contributed by atoms with Crippen LogP contribution in [0.2, 0.25) is 0 Å². The summed E-state index contributed by atoms with van der Waals surface area (Å²) in [5.41, 5.74) is 8.01. The highest BCUT2D eigenvalue weighted by Crippen LogP contribution is 2.10.